The van der Waals surface area contributed by atoms with Gasteiger partial charge in [-0.1, -0.05) is 0 Å². The first-order valence-corrected chi connectivity index (χ1v) is 6.64. The van der Waals surface area contributed by atoms with Gasteiger partial charge in [0.1, 0.15) is 5.76 Å². The largest absolute Gasteiger partial charge is 0.469 e. The number of carbonyl (C=O) groups is 1. The van der Waals surface area contributed by atoms with Crippen LogP contribution < -0.4 is 10.6 Å². The van der Waals surface area contributed by atoms with Crippen molar-refractivity contribution in [2.24, 2.45) is 5.41 Å². The van der Waals surface area contributed by atoms with Crippen LogP contribution in [0.4, 0.5) is 0 Å². The summed E-state index contributed by atoms with van der Waals surface area (Å²) in [7, 11) is 0. The van der Waals surface area contributed by atoms with E-state index in [1.807, 2.05) is 26.0 Å². The minimum absolute atomic E-state index is 0.166. The summed E-state index contributed by atoms with van der Waals surface area (Å²) in [4.78, 5) is 12.2. The Morgan fingerprint density at radius 3 is 3.11 bits per heavy atom. The molecule has 0 bridgehead atoms. The van der Waals surface area contributed by atoms with Crippen molar-refractivity contribution in [3.05, 3.63) is 24.2 Å². The minimum atomic E-state index is -0.237. The number of hydrogen-bond acceptors (Lipinski definition) is 3. The van der Waals surface area contributed by atoms with E-state index in [4.69, 9.17) is 4.42 Å². The average Bonchev–Trinajstić information content (AvgIpc) is 2.98. The Balaban J connectivity index is 1.76. The van der Waals surface area contributed by atoms with Gasteiger partial charge in [0.25, 0.3) is 0 Å². The first kappa shape index (κ1) is 13.1. The van der Waals surface area contributed by atoms with Crippen LogP contribution in [0.25, 0.3) is 0 Å². The van der Waals surface area contributed by atoms with Crippen LogP contribution >= 0.6 is 0 Å². The molecule has 18 heavy (non-hydrogen) atoms. The maximum absolute atomic E-state index is 12.2. The van der Waals surface area contributed by atoms with Crippen molar-refractivity contribution in [1.82, 2.24) is 10.6 Å². The standard InChI is InChI=1S/C14H22N2O2/c1-11(5-6-12-4-3-9-18-12)16-13(17)14(2)7-8-15-10-14/h3-4,9,11,15H,5-8,10H2,1-2H3,(H,16,17). The molecule has 1 aliphatic rings. The molecule has 0 aliphatic carbocycles. The van der Waals surface area contributed by atoms with Gasteiger partial charge in [-0.25, -0.2) is 0 Å². The lowest BCUT2D eigenvalue weighted by Gasteiger charge is -2.24. The Morgan fingerprint density at radius 2 is 2.50 bits per heavy atom. The Hall–Kier alpha value is -1.29. The molecule has 1 saturated heterocycles. The van der Waals surface area contributed by atoms with E-state index in [-0.39, 0.29) is 17.4 Å². The predicted molar refractivity (Wildman–Crippen MR) is 70.2 cm³/mol. The van der Waals surface area contributed by atoms with Crippen LogP contribution in [0.3, 0.4) is 0 Å². The third kappa shape index (κ3) is 3.13. The van der Waals surface area contributed by atoms with Gasteiger partial charge in [0.05, 0.1) is 11.7 Å². The monoisotopic (exact) mass is 250 g/mol. The van der Waals surface area contributed by atoms with E-state index in [1.54, 1.807) is 6.26 Å². The van der Waals surface area contributed by atoms with Gasteiger partial charge in [0.2, 0.25) is 5.91 Å². The molecule has 2 heterocycles. The highest BCUT2D eigenvalue weighted by Crippen LogP contribution is 2.24. The van der Waals surface area contributed by atoms with Gasteiger partial charge < -0.3 is 15.1 Å². The molecule has 1 aliphatic heterocycles. The van der Waals surface area contributed by atoms with Crippen LogP contribution in [0.15, 0.2) is 22.8 Å². The van der Waals surface area contributed by atoms with E-state index < -0.39 is 0 Å². The third-order valence-electron chi connectivity index (χ3n) is 3.70. The molecule has 0 saturated carbocycles. The van der Waals surface area contributed by atoms with E-state index in [2.05, 4.69) is 10.6 Å². The van der Waals surface area contributed by atoms with Gasteiger partial charge in [0, 0.05) is 19.0 Å². The van der Waals surface area contributed by atoms with E-state index >= 15 is 0 Å². The molecule has 0 aromatic carbocycles. The van der Waals surface area contributed by atoms with Crippen molar-refractivity contribution < 1.29 is 9.21 Å². The zero-order valence-electron chi connectivity index (χ0n) is 11.2. The number of hydrogen-bond donors (Lipinski definition) is 2. The highest BCUT2D eigenvalue weighted by molar-refractivity contribution is 5.83. The normalized spacial score (nSPS) is 25.0. The average molecular weight is 250 g/mol. The summed E-state index contributed by atoms with van der Waals surface area (Å²) in [6.45, 7) is 5.79. The smallest absolute Gasteiger partial charge is 0.227 e. The summed E-state index contributed by atoms with van der Waals surface area (Å²) in [6, 6.07) is 4.04. The molecule has 0 radical (unpaired) electrons. The lowest BCUT2D eigenvalue weighted by atomic mass is 9.88. The van der Waals surface area contributed by atoms with Crippen molar-refractivity contribution in [3.63, 3.8) is 0 Å². The summed E-state index contributed by atoms with van der Waals surface area (Å²) < 4.78 is 5.29. The molecule has 4 heteroatoms. The minimum Gasteiger partial charge on any atom is -0.469 e. The number of carbonyl (C=O) groups excluding carboxylic acids is 1. The van der Waals surface area contributed by atoms with Gasteiger partial charge in [-0.3, -0.25) is 4.79 Å². The molecule has 1 amide bonds. The molecule has 1 aromatic heterocycles. The fraction of sp³-hybridized carbons (Fsp3) is 0.643. The second-order valence-electron chi connectivity index (χ2n) is 5.48. The highest BCUT2D eigenvalue weighted by atomic mass is 16.3. The maximum Gasteiger partial charge on any atom is 0.227 e. The van der Waals surface area contributed by atoms with Crippen LogP contribution in [-0.4, -0.2) is 25.0 Å². The second kappa shape index (κ2) is 5.57. The number of furan rings is 1. The lowest BCUT2D eigenvalue weighted by molar-refractivity contribution is -0.129. The second-order valence-corrected chi connectivity index (χ2v) is 5.48. The fourth-order valence-electron chi connectivity index (χ4n) is 2.29. The molecular formula is C14H22N2O2. The first-order valence-electron chi connectivity index (χ1n) is 6.64. The molecule has 1 aromatic rings. The van der Waals surface area contributed by atoms with E-state index in [1.165, 1.54) is 0 Å². The zero-order chi connectivity index (χ0) is 13.0. The number of nitrogens with one attached hydrogen (secondary N) is 2. The van der Waals surface area contributed by atoms with Crippen LogP contribution in [0.1, 0.15) is 32.4 Å². The SMILES string of the molecule is CC(CCc1ccco1)NC(=O)C1(C)CCNC1. The number of aryl methyl sites for hydroxylation is 1. The molecule has 2 atom stereocenters. The van der Waals surface area contributed by atoms with Crippen molar-refractivity contribution in [1.29, 1.82) is 0 Å². The molecule has 100 valence electrons. The van der Waals surface area contributed by atoms with Crippen molar-refractivity contribution >= 4 is 5.91 Å². The Kier molecular flexibility index (Phi) is 4.07. The zero-order valence-corrected chi connectivity index (χ0v) is 11.2. The first-order chi connectivity index (χ1) is 8.60. The molecule has 2 rings (SSSR count). The van der Waals surface area contributed by atoms with Gasteiger partial charge >= 0.3 is 0 Å². The quantitative estimate of drug-likeness (QED) is 0.836. The molecule has 1 fully saturated rings. The molecule has 4 nitrogen and oxygen atoms in total. The van der Waals surface area contributed by atoms with Crippen LogP contribution in [0.5, 0.6) is 0 Å². The highest BCUT2D eigenvalue weighted by Gasteiger charge is 2.36. The van der Waals surface area contributed by atoms with Gasteiger partial charge in [-0.05, 0) is 45.4 Å². The summed E-state index contributed by atoms with van der Waals surface area (Å²) in [5, 5.41) is 6.35. The Bertz CT molecular complexity index is 381. The predicted octanol–water partition coefficient (Wildman–Crippen LogP) is 1.72. The van der Waals surface area contributed by atoms with Gasteiger partial charge in [-0.2, -0.15) is 0 Å². The molecular weight excluding hydrogens is 228 g/mol. The van der Waals surface area contributed by atoms with Crippen LogP contribution in [0, 0.1) is 5.41 Å². The number of amides is 1. The lowest BCUT2D eigenvalue weighted by Crippen LogP contribution is -2.44. The van der Waals surface area contributed by atoms with Gasteiger partial charge in [-0.15, -0.1) is 0 Å². The molecule has 0 spiro atoms. The Morgan fingerprint density at radius 1 is 1.67 bits per heavy atom. The van der Waals surface area contributed by atoms with Crippen LogP contribution in [0.2, 0.25) is 0 Å². The molecule has 2 unspecified atom stereocenters. The van der Waals surface area contributed by atoms with E-state index in [0.717, 1.165) is 38.1 Å². The summed E-state index contributed by atoms with van der Waals surface area (Å²) >= 11 is 0. The van der Waals surface area contributed by atoms with Crippen molar-refractivity contribution in [3.8, 4) is 0 Å². The fourth-order valence-corrected chi connectivity index (χ4v) is 2.29. The maximum atomic E-state index is 12.2. The molecule has 2 N–H and O–H groups in total. The van der Waals surface area contributed by atoms with Gasteiger partial charge in [0.15, 0.2) is 0 Å². The number of rotatable bonds is 5. The summed E-state index contributed by atoms with van der Waals surface area (Å²) in [5.74, 6) is 1.14. The summed E-state index contributed by atoms with van der Waals surface area (Å²) in [6.07, 6.45) is 4.37. The van der Waals surface area contributed by atoms with Crippen molar-refractivity contribution in [2.45, 2.75) is 39.2 Å². The van der Waals surface area contributed by atoms with Crippen molar-refractivity contribution in [2.75, 3.05) is 13.1 Å². The Labute approximate surface area is 108 Å². The van der Waals surface area contributed by atoms with E-state index in [9.17, 15) is 4.79 Å². The summed E-state index contributed by atoms with van der Waals surface area (Å²) in [5.41, 5.74) is -0.237. The third-order valence-corrected chi connectivity index (χ3v) is 3.70. The van der Waals surface area contributed by atoms with Crippen LogP contribution in [-0.2, 0) is 11.2 Å². The topological polar surface area (TPSA) is 54.3 Å². The van der Waals surface area contributed by atoms with E-state index in [0.29, 0.717) is 0 Å².